The van der Waals surface area contributed by atoms with Crippen LogP contribution >= 0.6 is 24.0 Å². The lowest BCUT2D eigenvalue weighted by Crippen LogP contribution is -2.22. The summed E-state index contributed by atoms with van der Waals surface area (Å²) in [5.74, 6) is 2.14. The van der Waals surface area contributed by atoms with Gasteiger partial charge in [-0.3, -0.25) is 0 Å². The monoisotopic (exact) mass is 472 g/mol. The molecule has 2 rings (SSSR count). The highest BCUT2D eigenvalue weighted by atomic mass is 127. The zero-order chi connectivity index (χ0) is 18.1. The van der Waals surface area contributed by atoms with Crippen LogP contribution in [0, 0.1) is 0 Å². The Balaban J connectivity index is 0.00000338. The van der Waals surface area contributed by atoms with Crippen molar-refractivity contribution < 1.29 is 14.2 Å². The van der Waals surface area contributed by atoms with Crippen molar-refractivity contribution in [3.8, 4) is 17.4 Å². The van der Waals surface area contributed by atoms with E-state index in [1.807, 2.05) is 25.1 Å². The second kappa shape index (κ2) is 11.4. The standard InChI is InChI=1S/C18H24N4O3.HI/c1-4-10-25-17-13(6-5-9-20-17)12-21-18(19)22-14-7-8-15(23-2)16(11-14)24-3;/h5-9,11H,4,10,12H2,1-3H3,(H3,19,21,22);1H. The van der Waals surface area contributed by atoms with Crippen LogP contribution in [0.1, 0.15) is 18.9 Å². The largest absolute Gasteiger partial charge is 0.493 e. The number of hydrogen-bond donors (Lipinski definition) is 2. The summed E-state index contributed by atoms with van der Waals surface area (Å²) in [5.41, 5.74) is 7.61. The second-order valence-electron chi connectivity index (χ2n) is 5.21. The van der Waals surface area contributed by atoms with Gasteiger partial charge in [-0.05, 0) is 24.6 Å². The first kappa shape index (κ1) is 21.8. The lowest BCUT2D eigenvalue weighted by atomic mass is 10.2. The number of hydrogen-bond acceptors (Lipinski definition) is 5. The number of guanidine groups is 1. The number of nitrogens with one attached hydrogen (secondary N) is 1. The maximum Gasteiger partial charge on any atom is 0.218 e. The molecule has 0 radical (unpaired) electrons. The van der Waals surface area contributed by atoms with Crippen molar-refractivity contribution in [2.75, 3.05) is 26.1 Å². The molecule has 0 aliphatic heterocycles. The Hall–Kier alpha value is -2.23. The van der Waals surface area contributed by atoms with Gasteiger partial charge in [0.2, 0.25) is 5.88 Å². The van der Waals surface area contributed by atoms with Crippen molar-refractivity contribution in [1.82, 2.24) is 4.98 Å². The summed E-state index contributed by atoms with van der Waals surface area (Å²) in [4.78, 5) is 8.58. The molecule has 142 valence electrons. The van der Waals surface area contributed by atoms with Crippen LogP contribution in [0.15, 0.2) is 41.5 Å². The zero-order valence-corrected chi connectivity index (χ0v) is 17.5. The minimum atomic E-state index is 0. The van der Waals surface area contributed by atoms with E-state index < -0.39 is 0 Å². The predicted octanol–water partition coefficient (Wildman–Crippen LogP) is 3.43. The average molecular weight is 472 g/mol. The molecule has 0 unspecified atom stereocenters. The number of ether oxygens (including phenoxy) is 3. The molecular formula is C18H25IN4O3. The Morgan fingerprint density at radius 2 is 1.96 bits per heavy atom. The van der Waals surface area contributed by atoms with Gasteiger partial charge in [0.1, 0.15) is 0 Å². The second-order valence-corrected chi connectivity index (χ2v) is 5.21. The minimum absolute atomic E-state index is 0. The van der Waals surface area contributed by atoms with Crippen LogP contribution < -0.4 is 25.3 Å². The fourth-order valence-corrected chi connectivity index (χ4v) is 2.14. The third-order valence-electron chi connectivity index (χ3n) is 3.37. The molecule has 26 heavy (non-hydrogen) atoms. The number of methoxy groups -OCH3 is 2. The van der Waals surface area contributed by atoms with E-state index in [1.54, 1.807) is 32.5 Å². The van der Waals surface area contributed by atoms with Crippen LogP contribution in [0.4, 0.5) is 5.69 Å². The lowest BCUT2D eigenvalue weighted by molar-refractivity contribution is 0.302. The smallest absolute Gasteiger partial charge is 0.218 e. The van der Waals surface area contributed by atoms with E-state index in [1.165, 1.54) is 0 Å². The molecule has 3 N–H and O–H groups in total. The molecule has 0 aliphatic carbocycles. The topological polar surface area (TPSA) is 91.0 Å². The van der Waals surface area contributed by atoms with Gasteiger partial charge < -0.3 is 25.3 Å². The molecule has 1 aromatic carbocycles. The molecule has 0 fully saturated rings. The fraction of sp³-hybridized carbons (Fsp3) is 0.333. The highest BCUT2D eigenvalue weighted by molar-refractivity contribution is 14.0. The van der Waals surface area contributed by atoms with E-state index in [9.17, 15) is 0 Å². The quantitative estimate of drug-likeness (QED) is 0.348. The van der Waals surface area contributed by atoms with Gasteiger partial charge in [-0.15, -0.1) is 24.0 Å². The molecule has 0 spiro atoms. The summed E-state index contributed by atoms with van der Waals surface area (Å²) < 4.78 is 16.1. The minimum Gasteiger partial charge on any atom is -0.493 e. The summed E-state index contributed by atoms with van der Waals surface area (Å²) in [6.07, 6.45) is 2.62. The number of nitrogens with two attached hydrogens (primary N) is 1. The molecule has 0 bridgehead atoms. The summed E-state index contributed by atoms with van der Waals surface area (Å²) in [6, 6.07) is 9.20. The number of aliphatic imine (C=N–C) groups is 1. The first-order valence-corrected chi connectivity index (χ1v) is 8.03. The molecule has 1 aromatic heterocycles. The highest BCUT2D eigenvalue weighted by Crippen LogP contribution is 2.29. The maximum absolute atomic E-state index is 5.97. The van der Waals surface area contributed by atoms with Crippen molar-refractivity contribution in [1.29, 1.82) is 0 Å². The van der Waals surface area contributed by atoms with Gasteiger partial charge in [-0.1, -0.05) is 13.0 Å². The summed E-state index contributed by atoms with van der Waals surface area (Å²) in [5, 5.41) is 3.03. The number of aromatic nitrogens is 1. The first-order valence-electron chi connectivity index (χ1n) is 8.03. The van der Waals surface area contributed by atoms with Crippen molar-refractivity contribution in [2.45, 2.75) is 19.9 Å². The third-order valence-corrected chi connectivity index (χ3v) is 3.37. The van der Waals surface area contributed by atoms with Crippen LogP contribution in [0.5, 0.6) is 17.4 Å². The molecule has 2 aromatic rings. The number of rotatable bonds is 8. The number of benzene rings is 1. The van der Waals surface area contributed by atoms with Gasteiger partial charge in [0.25, 0.3) is 0 Å². The van der Waals surface area contributed by atoms with Crippen molar-refractivity contribution in [2.24, 2.45) is 10.7 Å². The predicted molar refractivity (Wildman–Crippen MR) is 114 cm³/mol. The number of anilines is 1. The van der Waals surface area contributed by atoms with Gasteiger partial charge >= 0.3 is 0 Å². The van der Waals surface area contributed by atoms with Gasteiger partial charge in [-0.2, -0.15) is 0 Å². The molecule has 1 heterocycles. The highest BCUT2D eigenvalue weighted by Gasteiger charge is 2.06. The van der Waals surface area contributed by atoms with Crippen LogP contribution in [0.3, 0.4) is 0 Å². The molecule has 0 saturated heterocycles. The van der Waals surface area contributed by atoms with E-state index >= 15 is 0 Å². The molecular weight excluding hydrogens is 447 g/mol. The van der Waals surface area contributed by atoms with E-state index in [-0.39, 0.29) is 29.9 Å². The summed E-state index contributed by atoms with van der Waals surface area (Å²) >= 11 is 0. The van der Waals surface area contributed by atoms with Crippen LogP contribution in [0.25, 0.3) is 0 Å². The Bertz CT molecular complexity index is 725. The van der Waals surface area contributed by atoms with Crippen molar-refractivity contribution in [3.63, 3.8) is 0 Å². The lowest BCUT2D eigenvalue weighted by Gasteiger charge is -2.11. The van der Waals surface area contributed by atoms with E-state index in [0.29, 0.717) is 30.5 Å². The van der Waals surface area contributed by atoms with E-state index in [0.717, 1.165) is 17.7 Å². The molecule has 0 atom stereocenters. The first-order chi connectivity index (χ1) is 12.2. The molecule has 7 nitrogen and oxygen atoms in total. The number of nitrogens with zero attached hydrogens (tertiary/aromatic N) is 2. The molecule has 0 aliphatic rings. The molecule has 0 amide bonds. The van der Waals surface area contributed by atoms with E-state index in [4.69, 9.17) is 19.9 Å². The third kappa shape index (κ3) is 6.25. The summed E-state index contributed by atoms with van der Waals surface area (Å²) in [6.45, 7) is 3.04. The van der Waals surface area contributed by atoms with Crippen LogP contribution in [-0.4, -0.2) is 31.8 Å². The number of halogens is 1. The molecule has 0 saturated carbocycles. The van der Waals surface area contributed by atoms with Crippen molar-refractivity contribution >= 4 is 35.6 Å². The SMILES string of the molecule is CCCOc1ncccc1CN=C(N)Nc1ccc(OC)c(OC)c1.I. The normalized spacial score (nSPS) is 10.7. The Kier molecular flexibility index (Phi) is 9.56. The van der Waals surface area contributed by atoms with Crippen LogP contribution in [-0.2, 0) is 6.54 Å². The van der Waals surface area contributed by atoms with Crippen LogP contribution in [0.2, 0.25) is 0 Å². The van der Waals surface area contributed by atoms with Gasteiger partial charge in [-0.25, -0.2) is 9.98 Å². The van der Waals surface area contributed by atoms with Gasteiger partial charge in [0.05, 0.1) is 27.4 Å². The van der Waals surface area contributed by atoms with Crippen molar-refractivity contribution in [3.05, 3.63) is 42.1 Å². The number of pyridine rings is 1. The average Bonchev–Trinajstić information content (AvgIpc) is 2.65. The zero-order valence-electron chi connectivity index (χ0n) is 15.2. The fourth-order valence-electron chi connectivity index (χ4n) is 2.14. The Morgan fingerprint density at radius 3 is 2.65 bits per heavy atom. The van der Waals surface area contributed by atoms with E-state index in [2.05, 4.69) is 15.3 Å². The Morgan fingerprint density at radius 1 is 1.19 bits per heavy atom. The van der Waals surface area contributed by atoms with Gasteiger partial charge in [0, 0.05) is 23.5 Å². The Labute approximate surface area is 171 Å². The summed E-state index contributed by atoms with van der Waals surface area (Å²) in [7, 11) is 3.17. The molecule has 8 heteroatoms. The maximum atomic E-state index is 5.97. The van der Waals surface area contributed by atoms with Gasteiger partial charge in [0.15, 0.2) is 17.5 Å².